The van der Waals surface area contributed by atoms with Crippen molar-refractivity contribution in [2.24, 2.45) is 11.3 Å². The van der Waals surface area contributed by atoms with E-state index in [1.54, 1.807) is 20.8 Å². The van der Waals surface area contributed by atoms with E-state index >= 15 is 0 Å². The summed E-state index contributed by atoms with van der Waals surface area (Å²) in [7, 11) is 0. The fourth-order valence-corrected chi connectivity index (χ4v) is 2.45. The Balaban J connectivity index is 2.14. The minimum Gasteiger partial charge on any atom is -0.480 e. The number of nitrogens with one attached hydrogen (secondary N) is 1. The zero-order valence-corrected chi connectivity index (χ0v) is 9.74. The Morgan fingerprint density at radius 3 is 2.50 bits per heavy atom. The van der Waals surface area contributed by atoms with Crippen LogP contribution in [0.15, 0.2) is 0 Å². The molecule has 3 atom stereocenters. The van der Waals surface area contributed by atoms with Gasteiger partial charge in [-0.3, -0.25) is 9.59 Å². The third-order valence-corrected chi connectivity index (χ3v) is 3.26. The van der Waals surface area contributed by atoms with Gasteiger partial charge in [-0.05, 0) is 33.1 Å². The molecule has 0 amide bonds. The molecule has 1 saturated carbocycles. The molecule has 2 aliphatic rings. The van der Waals surface area contributed by atoms with Crippen LogP contribution >= 0.6 is 0 Å². The minimum atomic E-state index is -0.967. The number of carbonyl (C=O) groups excluding carboxylic acids is 1. The smallest absolute Gasteiger partial charge is 0.321 e. The quantitative estimate of drug-likeness (QED) is 0.667. The van der Waals surface area contributed by atoms with Crippen LogP contribution in [0.4, 0.5) is 0 Å². The van der Waals surface area contributed by atoms with Gasteiger partial charge in [-0.15, -0.1) is 0 Å². The molecule has 2 fully saturated rings. The van der Waals surface area contributed by atoms with Gasteiger partial charge in [0.2, 0.25) is 0 Å². The maximum absolute atomic E-state index is 12.0. The Labute approximate surface area is 94.2 Å². The van der Waals surface area contributed by atoms with E-state index in [9.17, 15) is 9.59 Å². The normalized spacial score (nSPS) is 36.7. The Kier molecular flexibility index (Phi) is 2.28. The molecule has 1 saturated heterocycles. The number of ether oxygens (including phenoxy) is 1. The van der Waals surface area contributed by atoms with Crippen LogP contribution < -0.4 is 5.32 Å². The fourth-order valence-electron chi connectivity index (χ4n) is 2.45. The van der Waals surface area contributed by atoms with Gasteiger partial charge in [0, 0.05) is 6.54 Å². The number of carboxylic acids is 1. The molecule has 0 spiro atoms. The largest absolute Gasteiger partial charge is 0.480 e. The molecule has 1 heterocycles. The second-order valence-electron chi connectivity index (χ2n) is 5.62. The molecule has 0 unspecified atom stereocenters. The second kappa shape index (κ2) is 3.20. The van der Waals surface area contributed by atoms with Crippen molar-refractivity contribution in [3.8, 4) is 0 Å². The number of piperidine rings is 1. The van der Waals surface area contributed by atoms with Crippen LogP contribution in [0, 0.1) is 11.3 Å². The standard InChI is InChI=1S/C11H17NO4/c1-10(2,3)16-9(15)11-4-6(11)5-12-7(11)8(13)14/h6-7,12H,4-5H2,1-3H3,(H,13,14)/t6-,7-,11-/m0/s1. The monoisotopic (exact) mass is 227 g/mol. The van der Waals surface area contributed by atoms with Crippen molar-refractivity contribution >= 4 is 11.9 Å². The number of carbonyl (C=O) groups is 2. The highest BCUT2D eigenvalue weighted by Crippen LogP contribution is 2.59. The van der Waals surface area contributed by atoms with Crippen LogP contribution in [0.3, 0.4) is 0 Å². The first-order valence-corrected chi connectivity index (χ1v) is 5.47. The van der Waals surface area contributed by atoms with Crippen LogP contribution in [0.5, 0.6) is 0 Å². The molecule has 0 radical (unpaired) electrons. The van der Waals surface area contributed by atoms with Crippen molar-refractivity contribution in [1.29, 1.82) is 0 Å². The number of fused-ring (bicyclic) bond motifs is 1. The Hall–Kier alpha value is -1.10. The first-order chi connectivity index (χ1) is 7.27. The van der Waals surface area contributed by atoms with Crippen molar-refractivity contribution < 1.29 is 19.4 Å². The summed E-state index contributed by atoms with van der Waals surface area (Å²) in [6.07, 6.45) is 0.631. The van der Waals surface area contributed by atoms with Crippen molar-refractivity contribution in [2.75, 3.05) is 6.54 Å². The molecule has 90 valence electrons. The van der Waals surface area contributed by atoms with E-state index in [1.165, 1.54) is 0 Å². The lowest BCUT2D eigenvalue weighted by atomic mass is 9.96. The Bertz CT molecular complexity index is 346. The molecule has 2 N–H and O–H groups in total. The van der Waals surface area contributed by atoms with Crippen LogP contribution in [0.1, 0.15) is 27.2 Å². The number of hydrogen-bond donors (Lipinski definition) is 2. The molecule has 0 aromatic carbocycles. The molecular weight excluding hydrogens is 210 g/mol. The number of aliphatic carboxylic acids is 1. The van der Waals surface area contributed by atoms with Gasteiger partial charge in [-0.25, -0.2) is 0 Å². The third kappa shape index (κ3) is 1.59. The van der Waals surface area contributed by atoms with Crippen LogP contribution in [0.2, 0.25) is 0 Å². The maximum atomic E-state index is 12.0. The van der Waals surface area contributed by atoms with Gasteiger partial charge in [0.15, 0.2) is 0 Å². The van der Waals surface area contributed by atoms with Crippen LogP contribution in [-0.2, 0) is 14.3 Å². The molecule has 16 heavy (non-hydrogen) atoms. The summed E-state index contributed by atoms with van der Waals surface area (Å²) in [5, 5.41) is 11.9. The highest BCUT2D eigenvalue weighted by Gasteiger charge is 2.71. The molecule has 1 aliphatic carbocycles. The Morgan fingerprint density at radius 1 is 1.44 bits per heavy atom. The van der Waals surface area contributed by atoms with E-state index in [0.29, 0.717) is 13.0 Å². The molecule has 5 nitrogen and oxygen atoms in total. The zero-order chi connectivity index (χ0) is 12.1. The van der Waals surface area contributed by atoms with Crippen molar-refractivity contribution in [2.45, 2.75) is 38.8 Å². The minimum absolute atomic E-state index is 0.128. The number of esters is 1. The number of carboxylic acid groups (broad SMARTS) is 1. The highest BCUT2D eigenvalue weighted by molar-refractivity contribution is 5.91. The van der Waals surface area contributed by atoms with Gasteiger partial charge in [0.05, 0.1) is 5.41 Å². The van der Waals surface area contributed by atoms with E-state index in [1.807, 2.05) is 0 Å². The SMILES string of the molecule is CC(C)(C)OC(=O)[C@@]12C[C@H]1CN[C@H]2C(=O)O. The predicted octanol–water partition coefficient (Wildman–Crippen LogP) is 0.391. The summed E-state index contributed by atoms with van der Waals surface area (Å²) < 4.78 is 5.30. The molecule has 5 heteroatoms. The first-order valence-electron chi connectivity index (χ1n) is 5.47. The average Bonchev–Trinajstić information content (AvgIpc) is 2.70. The Morgan fingerprint density at radius 2 is 2.06 bits per heavy atom. The van der Waals surface area contributed by atoms with Gasteiger partial charge in [-0.2, -0.15) is 0 Å². The molecule has 0 aromatic heterocycles. The summed E-state index contributed by atoms with van der Waals surface area (Å²) in [6.45, 7) is 5.96. The van der Waals surface area contributed by atoms with E-state index in [2.05, 4.69) is 5.32 Å². The van der Waals surface area contributed by atoms with Crippen molar-refractivity contribution in [3.63, 3.8) is 0 Å². The summed E-state index contributed by atoms with van der Waals surface area (Å²) in [5.41, 5.74) is -1.37. The second-order valence-corrected chi connectivity index (χ2v) is 5.62. The van der Waals surface area contributed by atoms with Gasteiger partial charge in [-0.1, -0.05) is 0 Å². The topological polar surface area (TPSA) is 75.6 Å². The molecule has 0 aromatic rings. The summed E-state index contributed by atoms with van der Waals surface area (Å²) in [6, 6.07) is -0.785. The fraction of sp³-hybridized carbons (Fsp3) is 0.818. The number of rotatable bonds is 2. The lowest BCUT2D eigenvalue weighted by molar-refractivity contribution is -0.166. The summed E-state index contributed by atoms with van der Waals surface area (Å²) >= 11 is 0. The summed E-state index contributed by atoms with van der Waals surface area (Å²) in [5.74, 6) is -1.21. The number of hydrogen-bond acceptors (Lipinski definition) is 4. The molecule has 1 aliphatic heterocycles. The average molecular weight is 227 g/mol. The van der Waals surface area contributed by atoms with Crippen molar-refractivity contribution in [3.05, 3.63) is 0 Å². The molecule has 2 rings (SSSR count). The summed E-state index contributed by atoms with van der Waals surface area (Å²) in [4.78, 5) is 23.1. The van der Waals surface area contributed by atoms with E-state index in [-0.39, 0.29) is 11.9 Å². The highest BCUT2D eigenvalue weighted by atomic mass is 16.6. The van der Waals surface area contributed by atoms with Gasteiger partial charge < -0.3 is 15.2 Å². The predicted molar refractivity (Wildman–Crippen MR) is 55.8 cm³/mol. The van der Waals surface area contributed by atoms with Gasteiger partial charge in [0.1, 0.15) is 11.6 Å². The molecular formula is C11H17NO4. The third-order valence-electron chi connectivity index (χ3n) is 3.26. The van der Waals surface area contributed by atoms with Crippen LogP contribution in [-0.4, -0.2) is 35.2 Å². The zero-order valence-electron chi connectivity index (χ0n) is 9.74. The van der Waals surface area contributed by atoms with Crippen LogP contribution in [0.25, 0.3) is 0 Å². The van der Waals surface area contributed by atoms with Gasteiger partial charge in [0.25, 0.3) is 0 Å². The maximum Gasteiger partial charge on any atom is 0.321 e. The first kappa shape index (κ1) is 11.4. The van der Waals surface area contributed by atoms with Gasteiger partial charge >= 0.3 is 11.9 Å². The van der Waals surface area contributed by atoms with E-state index < -0.39 is 23.0 Å². The molecule has 0 bridgehead atoms. The van der Waals surface area contributed by atoms with E-state index in [0.717, 1.165) is 0 Å². The lowest BCUT2D eigenvalue weighted by Gasteiger charge is -2.25. The lowest BCUT2D eigenvalue weighted by Crippen LogP contribution is -2.45. The van der Waals surface area contributed by atoms with Crippen molar-refractivity contribution in [1.82, 2.24) is 5.32 Å². The van der Waals surface area contributed by atoms with E-state index in [4.69, 9.17) is 9.84 Å².